The molecule has 2 heterocycles. The highest BCUT2D eigenvalue weighted by molar-refractivity contribution is 6.46. The van der Waals surface area contributed by atoms with E-state index in [0.29, 0.717) is 29.2 Å². The first-order chi connectivity index (χ1) is 16.5. The van der Waals surface area contributed by atoms with E-state index < -0.39 is 17.7 Å². The first-order valence-corrected chi connectivity index (χ1v) is 10.7. The quantitative estimate of drug-likeness (QED) is 0.236. The normalized spacial score (nSPS) is 17.0. The number of aliphatic hydroxyl groups excluding tert-OH is 1. The minimum atomic E-state index is -0.811. The number of hydrogen-bond donors (Lipinski definition) is 1. The molecule has 1 fully saturated rings. The van der Waals surface area contributed by atoms with Crippen molar-refractivity contribution < 1.29 is 24.2 Å². The predicted molar refractivity (Wildman–Crippen MR) is 127 cm³/mol. The number of benzene rings is 2. The first kappa shape index (κ1) is 22.8. The lowest BCUT2D eigenvalue weighted by atomic mass is 9.95. The molecule has 1 N–H and O–H groups in total. The minimum Gasteiger partial charge on any atom is -0.507 e. The van der Waals surface area contributed by atoms with Gasteiger partial charge in [-0.15, -0.1) is 0 Å². The number of ether oxygens (including phenoxy) is 2. The number of carbonyl (C=O) groups is 2. The summed E-state index contributed by atoms with van der Waals surface area (Å²) in [5.41, 5.74) is 1.82. The molecule has 4 rings (SSSR count). The van der Waals surface area contributed by atoms with E-state index in [4.69, 9.17) is 9.47 Å². The summed E-state index contributed by atoms with van der Waals surface area (Å²) in [4.78, 5) is 31.9. The van der Waals surface area contributed by atoms with Crippen molar-refractivity contribution >= 4 is 17.4 Å². The smallest absolute Gasteiger partial charge is 0.295 e. The third kappa shape index (κ3) is 4.54. The second-order valence-electron chi connectivity index (χ2n) is 7.69. The summed E-state index contributed by atoms with van der Waals surface area (Å²) in [6, 6.07) is 16.6. The van der Waals surface area contributed by atoms with Crippen LogP contribution in [0.25, 0.3) is 5.76 Å². The molecule has 172 valence electrons. The summed E-state index contributed by atoms with van der Waals surface area (Å²) >= 11 is 0. The lowest BCUT2D eigenvalue weighted by Gasteiger charge is -2.25. The molecule has 0 radical (unpaired) electrons. The van der Waals surface area contributed by atoms with Gasteiger partial charge in [-0.05, 0) is 53.6 Å². The van der Waals surface area contributed by atoms with E-state index in [2.05, 4.69) is 11.6 Å². The van der Waals surface area contributed by atoms with Crippen LogP contribution in [-0.4, -0.2) is 40.4 Å². The number of methoxy groups -OCH3 is 1. The van der Waals surface area contributed by atoms with E-state index >= 15 is 0 Å². The van der Waals surface area contributed by atoms with Crippen molar-refractivity contribution in [3.63, 3.8) is 0 Å². The fourth-order valence-corrected chi connectivity index (χ4v) is 3.91. The Labute approximate surface area is 197 Å². The monoisotopic (exact) mass is 456 g/mol. The highest BCUT2D eigenvalue weighted by atomic mass is 16.5. The number of amides is 1. The fourth-order valence-electron chi connectivity index (χ4n) is 3.91. The molecule has 2 aromatic carbocycles. The predicted octanol–water partition coefficient (Wildman–Crippen LogP) is 4.28. The molecule has 1 amide bonds. The number of pyridine rings is 1. The van der Waals surface area contributed by atoms with Gasteiger partial charge in [0.2, 0.25) is 0 Å². The average molecular weight is 456 g/mol. The maximum absolute atomic E-state index is 13.2. The number of ketones is 1. The van der Waals surface area contributed by atoms with Gasteiger partial charge in [0.1, 0.15) is 23.9 Å². The Balaban J connectivity index is 1.83. The van der Waals surface area contributed by atoms with Crippen LogP contribution in [0.15, 0.2) is 91.3 Å². The van der Waals surface area contributed by atoms with Gasteiger partial charge < -0.3 is 19.5 Å². The van der Waals surface area contributed by atoms with Crippen molar-refractivity contribution in [1.29, 1.82) is 0 Å². The van der Waals surface area contributed by atoms with Crippen LogP contribution in [0.2, 0.25) is 0 Å². The largest absolute Gasteiger partial charge is 0.507 e. The molecule has 7 heteroatoms. The van der Waals surface area contributed by atoms with Crippen molar-refractivity contribution in [2.24, 2.45) is 0 Å². The maximum atomic E-state index is 13.2. The van der Waals surface area contributed by atoms with Gasteiger partial charge in [-0.3, -0.25) is 14.6 Å². The Bertz CT molecular complexity index is 1240. The molecular formula is C27H24N2O5. The topological polar surface area (TPSA) is 89.0 Å². The van der Waals surface area contributed by atoms with E-state index in [1.54, 1.807) is 80.2 Å². The molecule has 1 unspecified atom stereocenters. The number of likely N-dealkylation sites (tertiary alicyclic amines) is 1. The van der Waals surface area contributed by atoms with Gasteiger partial charge in [0.25, 0.3) is 11.7 Å². The van der Waals surface area contributed by atoms with Gasteiger partial charge in [0.05, 0.1) is 18.7 Å². The third-order valence-corrected chi connectivity index (χ3v) is 5.52. The number of aromatic nitrogens is 1. The lowest BCUT2D eigenvalue weighted by molar-refractivity contribution is -0.140. The van der Waals surface area contributed by atoms with Crippen LogP contribution in [0.1, 0.15) is 22.7 Å². The lowest BCUT2D eigenvalue weighted by Crippen LogP contribution is -2.29. The van der Waals surface area contributed by atoms with Crippen LogP contribution in [0, 0.1) is 0 Å². The molecule has 7 nitrogen and oxygen atoms in total. The molecule has 1 aromatic heterocycles. The fraction of sp³-hybridized carbons (Fsp3) is 0.148. The molecule has 0 aliphatic carbocycles. The average Bonchev–Trinajstić information content (AvgIpc) is 3.13. The number of aliphatic hydroxyl groups is 1. The number of rotatable bonds is 8. The Hall–Kier alpha value is -4.39. The molecule has 3 aromatic rings. The van der Waals surface area contributed by atoms with Crippen molar-refractivity contribution in [2.45, 2.75) is 12.6 Å². The van der Waals surface area contributed by atoms with E-state index in [-0.39, 0.29) is 17.9 Å². The highest BCUT2D eigenvalue weighted by Gasteiger charge is 2.46. The van der Waals surface area contributed by atoms with Gasteiger partial charge >= 0.3 is 0 Å². The first-order valence-electron chi connectivity index (χ1n) is 10.7. The van der Waals surface area contributed by atoms with Crippen LogP contribution < -0.4 is 9.47 Å². The molecule has 0 bridgehead atoms. The highest BCUT2D eigenvalue weighted by Crippen LogP contribution is 2.41. The molecule has 1 aliphatic heterocycles. The maximum Gasteiger partial charge on any atom is 0.295 e. The van der Waals surface area contributed by atoms with Gasteiger partial charge in [0.15, 0.2) is 0 Å². The number of hydrogen-bond acceptors (Lipinski definition) is 6. The zero-order valence-electron chi connectivity index (χ0n) is 18.7. The molecule has 0 saturated carbocycles. The summed E-state index contributed by atoms with van der Waals surface area (Å²) in [5, 5.41) is 11.2. The summed E-state index contributed by atoms with van der Waals surface area (Å²) in [6.45, 7) is 4.12. The van der Waals surface area contributed by atoms with Crippen molar-refractivity contribution in [1.82, 2.24) is 9.88 Å². The van der Waals surface area contributed by atoms with Gasteiger partial charge in [0, 0.05) is 24.5 Å². The van der Waals surface area contributed by atoms with Crippen LogP contribution >= 0.6 is 0 Å². The Kier molecular flexibility index (Phi) is 6.73. The zero-order chi connectivity index (χ0) is 24.1. The molecular weight excluding hydrogens is 432 g/mol. The Morgan fingerprint density at radius 1 is 1.12 bits per heavy atom. The second-order valence-corrected chi connectivity index (χ2v) is 7.69. The van der Waals surface area contributed by atoms with E-state index in [1.165, 1.54) is 4.90 Å². The van der Waals surface area contributed by atoms with E-state index in [9.17, 15) is 14.7 Å². The van der Waals surface area contributed by atoms with E-state index in [0.717, 1.165) is 5.56 Å². The summed E-state index contributed by atoms with van der Waals surface area (Å²) in [6.07, 6.45) is 4.91. The second kappa shape index (κ2) is 10.0. The Morgan fingerprint density at radius 2 is 1.91 bits per heavy atom. The summed E-state index contributed by atoms with van der Waals surface area (Å²) in [7, 11) is 1.54. The molecule has 0 spiro atoms. The molecule has 1 atom stereocenters. The number of Topliss-reactive ketones (excluding diaryl/α,β-unsaturated/α-hetero) is 1. The van der Waals surface area contributed by atoms with Crippen LogP contribution in [0.5, 0.6) is 11.5 Å². The van der Waals surface area contributed by atoms with Crippen LogP contribution in [-0.2, 0) is 16.1 Å². The molecule has 1 aliphatic rings. The Morgan fingerprint density at radius 3 is 2.59 bits per heavy atom. The number of nitrogens with zero attached hydrogens (tertiary/aromatic N) is 2. The van der Waals surface area contributed by atoms with Crippen LogP contribution in [0.4, 0.5) is 0 Å². The van der Waals surface area contributed by atoms with Crippen LogP contribution in [0.3, 0.4) is 0 Å². The van der Waals surface area contributed by atoms with Crippen molar-refractivity contribution in [3.05, 3.63) is 108 Å². The molecule has 1 saturated heterocycles. The van der Waals surface area contributed by atoms with Gasteiger partial charge in [-0.2, -0.15) is 0 Å². The van der Waals surface area contributed by atoms with Crippen molar-refractivity contribution in [3.8, 4) is 11.5 Å². The summed E-state index contributed by atoms with van der Waals surface area (Å²) in [5.74, 6) is -0.524. The zero-order valence-corrected chi connectivity index (χ0v) is 18.7. The van der Waals surface area contributed by atoms with Gasteiger partial charge in [-0.1, -0.05) is 30.9 Å². The SMILES string of the molecule is C=CCOc1cccc(C2C(=C(O)c3ccc(OC)cc3)C(=O)C(=O)N2Cc2cccnc2)c1. The van der Waals surface area contributed by atoms with Gasteiger partial charge in [-0.25, -0.2) is 0 Å². The minimum absolute atomic E-state index is 0.0138. The van der Waals surface area contributed by atoms with E-state index in [1.807, 2.05) is 6.07 Å². The standard InChI is InChI=1S/C27H24N2O5/c1-3-14-34-22-8-4-7-20(15-22)24-23(25(30)19-9-11-21(33-2)12-10-19)26(31)27(32)29(24)17-18-6-5-13-28-16-18/h3-13,15-16,24,30H,1,14,17H2,2H3. The van der Waals surface area contributed by atoms with Crippen molar-refractivity contribution in [2.75, 3.05) is 13.7 Å². The third-order valence-electron chi connectivity index (χ3n) is 5.52. The molecule has 34 heavy (non-hydrogen) atoms. The number of carbonyl (C=O) groups excluding carboxylic acids is 2. The summed E-state index contributed by atoms with van der Waals surface area (Å²) < 4.78 is 10.8.